The molecule has 1 aliphatic heterocycles. The first-order valence-electron chi connectivity index (χ1n) is 8.70. The minimum Gasteiger partial charge on any atom is -0.348 e. The average molecular weight is 363 g/mol. The van der Waals surface area contributed by atoms with E-state index < -0.39 is 0 Å². The minimum atomic E-state index is -0.252. The van der Waals surface area contributed by atoms with Gasteiger partial charge in [0, 0.05) is 11.5 Å². The molecule has 1 aliphatic carbocycles. The molecule has 0 bridgehead atoms. The van der Waals surface area contributed by atoms with Crippen molar-refractivity contribution in [2.24, 2.45) is 5.92 Å². The lowest BCUT2D eigenvalue weighted by atomic mass is 9.98. The van der Waals surface area contributed by atoms with Crippen LogP contribution in [-0.2, 0) is 15.0 Å². The maximum atomic E-state index is 12.1. The maximum Gasteiger partial charge on any atom is 0.249 e. The highest BCUT2D eigenvalue weighted by Gasteiger charge is 2.33. The first-order valence-corrected chi connectivity index (χ1v) is 9.51. The highest BCUT2D eigenvalue weighted by Crippen LogP contribution is 2.33. The highest BCUT2D eigenvalue weighted by molar-refractivity contribution is 7.15. The quantitative estimate of drug-likeness (QED) is 0.667. The number of carbonyl (C=O) groups excluding carboxylic acids is 2. The predicted octanol–water partition coefficient (Wildman–Crippen LogP) is 1.59. The fraction of sp³-hybridized carbons (Fsp3) is 0.647. The standard InChI is InChI=1S/C17H25N5O2S/c1-17(2,3)15-21-22-16(25-15)20-13(23)7-6-11(10-4-5-10)19-14(24)12-8-9-18-12/h6-7,10-12,18H,4-5,8-9H2,1-3H3,(H,19,24)(H,20,22,23)/t11-,12+/m1/s1. The smallest absolute Gasteiger partial charge is 0.249 e. The summed E-state index contributed by atoms with van der Waals surface area (Å²) in [7, 11) is 0. The van der Waals surface area contributed by atoms with E-state index in [1.54, 1.807) is 6.08 Å². The van der Waals surface area contributed by atoms with Crippen molar-refractivity contribution in [1.82, 2.24) is 20.8 Å². The van der Waals surface area contributed by atoms with Crippen molar-refractivity contribution in [2.75, 3.05) is 11.9 Å². The predicted molar refractivity (Wildman–Crippen MR) is 97.4 cm³/mol. The monoisotopic (exact) mass is 363 g/mol. The van der Waals surface area contributed by atoms with E-state index in [-0.39, 0.29) is 29.3 Å². The van der Waals surface area contributed by atoms with Crippen LogP contribution in [0.15, 0.2) is 12.2 Å². The van der Waals surface area contributed by atoms with Gasteiger partial charge in [0.15, 0.2) is 0 Å². The van der Waals surface area contributed by atoms with Crippen LogP contribution in [0.5, 0.6) is 0 Å². The van der Waals surface area contributed by atoms with Gasteiger partial charge in [-0.3, -0.25) is 14.9 Å². The Balaban J connectivity index is 1.54. The molecule has 1 saturated carbocycles. The summed E-state index contributed by atoms with van der Waals surface area (Å²) in [6.45, 7) is 7.06. The van der Waals surface area contributed by atoms with Crippen molar-refractivity contribution in [3.05, 3.63) is 17.2 Å². The number of rotatable bonds is 6. The van der Waals surface area contributed by atoms with Gasteiger partial charge in [0.05, 0.1) is 12.1 Å². The molecule has 0 aromatic carbocycles. The van der Waals surface area contributed by atoms with Crippen molar-refractivity contribution in [3.63, 3.8) is 0 Å². The third-order valence-corrected chi connectivity index (χ3v) is 5.60. The summed E-state index contributed by atoms with van der Waals surface area (Å²) in [6.07, 6.45) is 6.31. The Bertz CT molecular complexity index is 671. The van der Waals surface area contributed by atoms with Crippen LogP contribution in [-0.4, -0.2) is 40.6 Å². The maximum absolute atomic E-state index is 12.1. The zero-order chi connectivity index (χ0) is 18.0. The van der Waals surface area contributed by atoms with Gasteiger partial charge < -0.3 is 10.6 Å². The topological polar surface area (TPSA) is 96.0 Å². The van der Waals surface area contributed by atoms with Gasteiger partial charge in [0.25, 0.3) is 0 Å². The lowest BCUT2D eigenvalue weighted by molar-refractivity contribution is -0.125. The van der Waals surface area contributed by atoms with Crippen LogP contribution in [0.3, 0.4) is 0 Å². The van der Waals surface area contributed by atoms with E-state index in [0.29, 0.717) is 11.0 Å². The third-order valence-electron chi connectivity index (χ3n) is 4.33. The van der Waals surface area contributed by atoms with Crippen molar-refractivity contribution >= 4 is 28.3 Å². The molecule has 8 heteroatoms. The number of aromatic nitrogens is 2. The number of hydrogen-bond acceptors (Lipinski definition) is 6. The molecule has 1 aromatic rings. The number of anilines is 1. The molecule has 1 aromatic heterocycles. The van der Waals surface area contributed by atoms with Crippen LogP contribution in [0.25, 0.3) is 0 Å². The van der Waals surface area contributed by atoms with Crippen molar-refractivity contribution < 1.29 is 9.59 Å². The molecule has 2 heterocycles. The Labute approximate surface area is 151 Å². The lowest BCUT2D eigenvalue weighted by Gasteiger charge is -2.28. The van der Waals surface area contributed by atoms with Crippen molar-refractivity contribution in [1.29, 1.82) is 0 Å². The van der Waals surface area contributed by atoms with E-state index in [4.69, 9.17) is 0 Å². The largest absolute Gasteiger partial charge is 0.348 e. The summed E-state index contributed by atoms with van der Waals surface area (Å²) in [4.78, 5) is 24.2. The summed E-state index contributed by atoms with van der Waals surface area (Å²) in [6, 6.07) is -0.166. The summed E-state index contributed by atoms with van der Waals surface area (Å²) in [5, 5.41) is 18.4. The Morgan fingerprint density at radius 2 is 2.00 bits per heavy atom. The molecular formula is C17H25N5O2S. The average Bonchev–Trinajstić information content (AvgIpc) is 3.19. The van der Waals surface area contributed by atoms with Gasteiger partial charge in [-0.1, -0.05) is 38.2 Å². The number of amides is 2. The lowest BCUT2D eigenvalue weighted by Crippen LogP contribution is -2.55. The van der Waals surface area contributed by atoms with E-state index in [2.05, 4.69) is 46.9 Å². The van der Waals surface area contributed by atoms with Gasteiger partial charge in [-0.2, -0.15) is 0 Å². The molecule has 2 aliphatic rings. The SMILES string of the molecule is CC(C)(C)c1nnc(NC(=O)C=C[C@@H](NC(=O)[C@@H]2CCN2)C2CC2)s1. The molecule has 0 spiro atoms. The van der Waals surface area contributed by atoms with Crippen LogP contribution in [0.4, 0.5) is 5.13 Å². The first kappa shape index (κ1) is 18.0. The molecule has 1 saturated heterocycles. The molecule has 2 fully saturated rings. The second-order valence-electron chi connectivity index (χ2n) is 7.68. The zero-order valence-electron chi connectivity index (χ0n) is 14.8. The van der Waals surface area contributed by atoms with Gasteiger partial charge in [0.1, 0.15) is 5.01 Å². The summed E-state index contributed by atoms with van der Waals surface area (Å²) < 4.78 is 0. The first-order chi connectivity index (χ1) is 11.8. The molecular weight excluding hydrogens is 338 g/mol. The number of nitrogens with one attached hydrogen (secondary N) is 3. The molecule has 3 N–H and O–H groups in total. The van der Waals surface area contributed by atoms with E-state index in [9.17, 15) is 9.59 Å². The Kier molecular flexibility index (Phi) is 5.19. The minimum absolute atomic E-state index is 0.0205. The van der Waals surface area contributed by atoms with Crippen LogP contribution in [0.2, 0.25) is 0 Å². The van der Waals surface area contributed by atoms with Gasteiger partial charge in [-0.25, -0.2) is 0 Å². The van der Waals surface area contributed by atoms with Crippen LogP contribution < -0.4 is 16.0 Å². The van der Waals surface area contributed by atoms with Gasteiger partial charge >= 0.3 is 0 Å². The molecule has 0 radical (unpaired) electrons. The molecule has 2 atom stereocenters. The summed E-state index contributed by atoms with van der Waals surface area (Å²) >= 11 is 1.38. The number of hydrogen-bond donors (Lipinski definition) is 3. The van der Waals surface area contributed by atoms with Gasteiger partial charge in [-0.05, 0) is 31.7 Å². The van der Waals surface area contributed by atoms with Crippen LogP contribution >= 0.6 is 11.3 Å². The molecule has 3 rings (SSSR count). The molecule has 136 valence electrons. The number of carbonyl (C=O) groups is 2. The fourth-order valence-electron chi connectivity index (χ4n) is 2.47. The van der Waals surface area contributed by atoms with E-state index >= 15 is 0 Å². The molecule has 7 nitrogen and oxygen atoms in total. The molecule has 25 heavy (non-hydrogen) atoms. The van der Waals surface area contributed by atoms with Crippen molar-refractivity contribution in [2.45, 2.75) is 57.5 Å². The van der Waals surface area contributed by atoms with E-state index in [0.717, 1.165) is 30.8 Å². The van der Waals surface area contributed by atoms with Crippen LogP contribution in [0, 0.1) is 5.92 Å². The normalized spacial score (nSPS) is 21.6. The van der Waals surface area contributed by atoms with Crippen molar-refractivity contribution in [3.8, 4) is 0 Å². The summed E-state index contributed by atoms with van der Waals surface area (Å²) in [5.41, 5.74) is -0.0899. The highest BCUT2D eigenvalue weighted by atomic mass is 32.1. The van der Waals surface area contributed by atoms with E-state index in [1.165, 1.54) is 17.4 Å². The Morgan fingerprint density at radius 3 is 2.52 bits per heavy atom. The fourth-order valence-corrected chi connectivity index (χ4v) is 3.27. The number of nitrogens with zero attached hydrogens (tertiary/aromatic N) is 2. The molecule has 2 amide bonds. The second-order valence-corrected chi connectivity index (χ2v) is 8.66. The van der Waals surface area contributed by atoms with Gasteiger partial charge in [-0.15, -0.1) is 10.2 Å². The van der Waals surface area contributed by atoms with Gasteiger partial charge in [0.2, 0.25) is 16.9 Å². The van der Waals surface area contributed by atoms with E-state index in [1.807, 2.05) is 0 Å². The van der Waals surface area contributed by atoms with Crippen LogP contribution in [0.1, 0.15) is 45.0 Å². The Hall–Kier alpha value is -1.80. The third kappa shape index (κ3) is 4.85. The Morgan fingerprint density at radius 1 is 1.28 bits per heavy atom. The molecule has 0 unspecified atom stereocenters. The second kappa shape index (κ2) is 7.21. The zero-order valence-corrected chi connectivity index (χ0v) is 15.7. The summed E-state index contributed by atoms with van der Waals surface area (Å²) in [5.74, 6) is 0.201.